The summed E-state index contributed by atoms with van der Waals surface area (Å²) in [5.74, 6) is 1.10. The number of aromatic nitrogens is 2. The third kappa shape index (κ3) is 2.56. The Morgan fingerprint density at radius 1 is 1.11 bits per heavy atom. The molecule has 0 bridgehead atoms. The fraction of sp³-hybridized carbons (Fsp3) is 0.188. The van der Waals surface area contributed by atoms with Gasteiger partial charge in [-0.05, 0) is 52.5 Å². The number of hydrogen-bond donors (Lipinski definition) is 0. The molecule has 0 aliphatic rings. The molecule has 0 spiro atoms. The SMILES string of the molecule is Cc1ccn2c(CCc3ccccc3)nc(Br)c2c1. The molecule has 0 unspecified atom stereocenters. The van der Waals surface area contributed by atoms with E-state index in [1.807, 2.05) is 6.07 Å². The average molecular weight is 315 g/mol. The van der Waals surface area contributed by atoms with Crippen LogP contribution >= 0.6 is 15.9 Å². The summed E-state index contributed by atoms with van der Waals surface area (Å²) in [7, 11) is 0. The number of benzene rings is 1. The van der Waals surface area contributed by atoms with Gasteiger partial charge in [-0.1, -0.05) is 30.3 Å². The molecule has 0 radical (unpaired) electrons. The molecule has 1 aromatic carbocycles. The van der Waals surface area contributed by atoms with Crippen LogP contribution in [0, 0.1) is 6.92 Å². The fourth-order valence-corrected chi connectivity index (χ4v) is 2.80. The molecule has 0 N–H and O–H groups in total. The molecule has 0 atom stereocenters. The van der Waals surface area contributed by atoms with E-state index in [9.17, 15) is 0 Å². The second-order valence-electron chi connectivity index (χ2n) is 4.76. The predicted molar refractivity (Wildman–Crippen MR) is 81.5 cm³/mol. The molecule has 3 heteroatoms. The van der Waals surface area contributed by atoms with Crippen molar-refractivity contribution in [1.29, 1.82) is 0 Å². The molecule has 3 aromatic rings. The highest BCUT2D eigenvalue weighted by Crippen LogP contribution is 2.21. The van der Waals surface area contributed by atoms with Gasteiger partial charge in [0.2, 0.25) is 0 Å². The average Bonchev–Trinajstić information content (AvgIpc) is 2.74. The van der Waals surface area contributed by atoms with E-state index in [0.717, 1.165) is 28.8 Å². The van der Waals surface area contributed by atoms with Crippen LogP contribution in [-0.2, 0) is 12.8 Å². The monoisotopic (exact) mass is 314 g/mol. The van der Waals surface area contributed by atoms with Gasteiger partial charge in [-0.15, -0.1) is 0 Å². The van der Waals surface area contributed by atoms with E-state index in [2.05, 4.69) is 74.8 Å². The van der Waals surface area contributed by atoms with Crippen LogP contribution in [0.4, 0.5) is 0 Å². The number of aryl methyl sites for hydroxylation is 3. The molecular formula is C16H15BrN2. The molecule has 2 aromatic heterocycles. The maximum absolute atomic E-state index is 4.63. The molecule has 0 aliphatic carbocycles. The highest BCUT2D eigenvalue weighted by Gasteiger charge is 2.08. The van der Waals surface area contributed by atoms with Crippen molar-refractivity contribution in [3.63, 3.8) is 0 Å². The van der Waals surface area contributed by atoms with Crippen molar-refractivity contribution in [3.05, 3.63) is 70.2 Å². The van der Waals surface area contributed by atoms with E-state index in [-0.39, 0.29) is 0 Å². The summed E-state index contributed by atoms with van der Waals surface area (Å²) < 4.78 is 3.10. The lowest BCUT2D eigenvalue weighted by Crippen LogP contribution is -1.97. The summed E-state index contributed by atoms with van der Waals surface area (Å²) >= 11 is 3.55. The van der Waals surface area contributed by atoms with Crippen molar-refractivity contribution in [2.45, 2.75) is 19.8 Å². The minimum absolute atomic E-state index is 0.930. The number of imidazole rings is 1. The number of halogens is 1. The molecule has 0 saturated carbocycles. The highest BCUT2D eigenvalue weighted by molar-refractivity contribution is 9.10. The summed E-state index contributed by atoms with van der Waals surface area (Å²) in [6, 6.07) is 14.8. The van der Waals surface area contributed by atoms with E-state index in [1.165, 1.54) is 11.1 Å². The molecule has 0 aliphatic heterocycles. The first kappa shape index (κ1) is 12.4. The molecule has 0 amide bonds. The summed E-state index contributed by atoms with van der Waals surface area (Å²) in [5.41, 5.74) is 3.74. The fourth-order valence-electron chi connectivity index (χ4n) is 2.29. The zero-order valence-electron chi connectivity index (χ0n) is 10.8. The van der Waals surface area contributed by atoms with Gasteiger partial charge < -0.3 is 4.40 Å². The second-order valence-corrected chi connectivity index (χ2v) is 5.51. The molecule has 2 heterocycles. The van der Waals surface area contributed by atoms with Gasteiger partial charge in [0.05, 0.1) is 5.52 Å². The maximum atomic E-state index is 4.63. The Labute approximate surface area is 121 Å². The van der Waals surface area contributed by atoms with Crippen molar-refractivity contribution >= 4 is 21.4 Å². The number of nitrogens with zero attached hydrogens (tertiary/aromatic N) is 2. The number of rotatable bonds is 3. The minimum atomic E-state index is 0.930. The van der Waals surface area contributed by atoms with Crippen LogP contribution in [0.15, 0.2) is 53.3 Å². The lowest BCUT2D eigenvalue weighted by atomic mass is 10.1. The van der Waals surface area contributed by atoms with Crippen molar-refractivity contribution in [2.75, 3.05) is 0 Å². The van der Waals surface area contributed by atoms with Crippen molar-refractivity contribution < 1.29 is 0 Å². The Balaban J connectivity index is 1.89. The van der Waals surface area contributed by atoms with E-state index in [1.54, 1.807) is 0 Å². The summed E-state index contributed by atoms with van der Waals surface area (Å²) in [6.45, 7) is 2.10. The zero-order chi connectivity index (χ0) is 13.2. The van der Waals surface area contributed by atoms with Crippen LogP contribution in [0.1, 0.15) is 17.0 Å². The first-order valence-electron chi connectivity index (χ1n) is 6.41. The largest absolute Gasteiger partial charge is 0.303 e. The van der Waals surface area contributed by atoms with E-state index in [0.29, 0.717) is 0 Å². The van der Waals surface area contributed by atoms with Crippen LogP contribution in [0.5, 0.6) is 0 Å². The van der Waals surface area contributed by atoms with Gasteiger partial charge in [0.25, 0.3) is 0 Å². The normalized spacial score (nSPS) is 11.1. The minimum Gasteiger partial charge on any atom is -0.303 e. The number of hydrogen-bond acceptors (Lipinski definition) is 1. The van der Waals surface area contributed by atoms with Gasteiger partial charge in [-0.25, -0.2) is 4.98 Å². The van der Waals surface area contributed by atoms with Gasteiger partial charge in [-0.3, -0.25) is 0 Å². The van der Waals surface area contributed by atoms with Crippen LogP contribution in [0.25, 0.3) is 5.52 Å². The molecule has 96 valence electrons. The summed E-state index contributed by atoms with van der Waals surface area (Å²) in [4.78, 5) is 4.63. The van der Waals surface area contributed by atoms with E-state index >= 15 is 0 Å². The van der Waals surface area contributed by atoms with Gasteiger partial charge in [0, 0.05) is 12.6 Å². The topological polar surface area (TPSA) is 17.3 Å². The first-order chi connectivity index (χ1) is 9.24. The van der Waals surface area contributed by atoms with Crippen LogP contribution < -0.4 is 0 Å². The molecule has 0 saturated heterocycles. The van der Waals surface area contributed by atoms with Gasteiger partial charge in [0.1, 0.15) is 10.4 Å². The molecule has 19 heavy (non-hydrogen) atoms. The predicted octanol–water partition coefficient (Wildman–Crippen LogP) is 4.19. The van der Waals surface area contributed by atoms with Gasteiger partial charge in [-0.2, -0.15) is 0 Å². The smallest absolute Gasteiger partial charge is 0.132 e. The lowest BCUT2D eigenvalue weighted by Gasteiger charge is -2.02. The van der Waals surface area contributed by atoms with Crippen LogP contribution in [0.3, 0.4) is 0 Å². The Hall–Kier alpha value is -1.61. The zero-order valence-corrected chi connectivity index (χ0v) is 12.4. The molecule has 2 nitrogen and oxygen atoms in total. The highest BCUT2D eigenvalue weighted by atomic mass is 79.9. The van der Waals surface area contributed by atoms with E-state index < -0.39 is 0 Å². The standard InChI is InChI=1S/C16H15BrN2/c1-12-9-10-19-14(11-12)16(17)18-15(19)8-7-13-5-3-2-4-6-13/h2-6,9-11H,7-8H2,1H3. The lowest BCUT2D eigenvalue weighted by molar-refractivity contribution is 0.851. The first-order valence-corrected chi connectivity index (χ1v) is 7.20. The number of pyridine rings is 1. The van der Waals surface area contributed by atoms with Crippen molar-refractivity contribution in [2.24, 2.45) is 0 Å². The molecule has 3 rings (SSSR count). The Kier molecular flexibility index (Phi) is 3.38. The molecular weight excluding hydrogens is 300 g/mol. The van der Waals surface area contributed by atoms with Crippen molar-refractivity contribution in [1.82, 2.24) is 9.38 Å². The molecule has 0 fully saturated rings. The number of fused-ring (bicyclic) bond motifs is 1. The third-order valence-electron chi connectivity index (χ3n) is 3.31. The van der Waals surface area contributed by atoms with E-state index in [4.69, 9.17) is 0 Å². The van der Waals surface area contributed by atoms with Crippen molar-refractivity contribution in [3.8, 4) is 0 Å². The third-order valence-corrected chi connectivity index (χ3v) is 3.89. The maximum Gasteiger partial charge on any atom is 0.132 e. The Morgan fingerprint density at radius 2 is 1.89 bits per heavy atom. The van der Waals surface area contributed by atoms with Crippen LogP contribution in [0.2, 0.25) is 0 Å². The van der Waals surface area contributed by atoms with Crippen LogP contribution in [-0.4, -0.2) is 9.38 Å². The summed E-state index contributed by atoms with van der Waals surface area (Å²) in [6.07, 6.45) is 4.06. The quantitative estimate of drug-likeness (QED) is 0.708. The Bertz CT molecular complexity index is 701. The second kappa shape index (κ2) is 5.17. The summed E-state index contributed by atoms with van der Waals surface area (Å²) in [5, 5.41) is 0. The van der Waals surface area contributed by atoms with Gasteiger partial charge in [0.15, 0.2) is 0 Å². The Morgan fingerprint density at radius 3 is 2.68 bits per heavy atom. The van der Waals surface area contributed by atoms with Gasteiger partial charge >= 0.3 is 0 Å².